The molecule has 0 N–H and O–H groups in total. The van der Waals surface area contributed by atoms with Gasteiger partial charge < -0.3 is 9.80 Å². The molecule has 1 aromatic carbocycles. The molecule has 8 heteroatoms. The van der Waals surface area contributed by atoms with Crippen molar-refractivity contribution in [3.8, 4) is 0 Å². The number of imide groups is 1. The fourth-order valence-corrected chi connectivity index (χ4v) is 3.93. The molecule has 1 fully saturated rings. The summed E-state index contributed by atoms with van der Waals surface area (Å²) >= 11 is 6.06. The molecule has 3 heterocycles. The van der Waals surface area contributed by atoms with E-state index < -0.39 is 0 Å². The van der Waals surface area contributed by atoms with E-state index in [4.69, 9.17) is 11.6 Å². The van der Waals surface area contributed by atoms with E-state index in [0.29, 0.717) is 36.5 Å². The van der Waals surface area contributed by atoms with Gasteiger partial charge in [-0.05, 0) is 36.8 Å². The van der Waals surface area contributed by atoms with Crippen LogP contribution in [0.5, 0.6) is 0 Å². The summed E-state index contributed by atoms with van der Waals surface area (Å²) in [6, 6.07) is 10.9. The predicted octanol–water partition coefficient (Wildman–Crippen LogP) is 2.46. The standard InChI is InChI=1S/C21H21ClN4O3/c22-15-4-1-5-16(14-15)24-10-12-25(13-11-24)18(27)7-3-9-26-20(28)17-6-2-8-23-19(17)21(26)29/h1-2,4-6,8,14H,3,7,9-13H2. The summed E-state index contributed by atoms with van der Waals surface area (Å²) in [4.78, 5) is 46.4. The van der Waals surface area contributed by atoms with Crippen molar-refractivity contribution >= 4 is 35.0 Å². The van der Waals surface area contributed by atoms with Crippen molar-refractivity contribution in [1.29, 1.82) is 0 Å². The number of nitrogens with zero attached hydrogens (tertiary/aromatic N) is 4. The molecule has 0 spiro atoms. The van der Waals surface area contributed by atoms with E-state index in [1.807, 2.05) is 29.2 Å². The second kappa shape index (κ2) is 8.21. The Kier molecular flexibility index (Phi) is 5.49. The minimum absolute atomic E-state index is 0.0467. The topological polar surface area (TPSA) is 73.8 Å². The first kappa shape index (κ1) is 19.4. The van der Waals surface area contributed by atoms with Gasteiger partial charge in [-0.25, -0.2) is 0 Å². The Balaban J connectivity index is 1.25. The monoisotopic (exact) mass is 412 g/mol. The molecule has 150 valence electrons. The summed E-state index contributed by atoms with van der Waals surface area (Å²) in [5.41, 5.74) is 1.59. The van der Waals surface area contributed by atoms with Gasteiger partial charge in [0.1, 0.15) is 5.69 Å². The molecule has 0 saturated carbocycles. The first-order valence-corrected chi connectivity index (χ1v) is 10.0. The third-order valence-corrected chi connectivity index (χ3v) is 5.54. The van der Waals surface area contributed by atoms with E-state index >= 15 is 0 Å². The average molecular weight is 413 g/mol. The van der Waals surface area contributed by atoms with Gasteiger partial charge in [0.15, 0.2) is 0 Å². The fourth-order valence-electron chi connectivity index (χ4n) is 3.75. The molecule has 0 aliphatic carbocycles. The van der Waals surface area contributed by atoms with E-state index in [1.54, 1.807) is 12.1 Å². The van der Waals surface area contributed by atoms with Crippen LogP contribution in [0.4, 0.5) is 5.69 Å². The zero-order chi connectivity index (χ0) is 20.4. The lowest BCUT2D eigenvalue weighted by molar-refractivity contribution is -0.131. The van der Waals surface area contributed by atoms with Crippen molar-refractivity contribution in [2.45, 2.75) is 12.8 Å². The molecule has 2 aliphatic rings. The third kappa shape index (κ3) is 3.96. The minimum atomic E-state index is -0.381. The summed E-state index contributed by atoms with van der Waals surface area (Å²) in [5, 5.41) is 0.698. The van der Waals surface area contributed by atoms with Crippen LogP contribution in [0.15, 0.2) is 42.6 Å². The SMILES string of the molecule is O=C(CCCN1C(=O)c2cccnc2C1=O)N1CCN(c2cccc(Cl)c2)CC1. The number of carbonyl (C=O) groups excluding carboxylic acids is 3. The van der Waals surface area contributed by atoms with Gasteiger partial charge in [-0.1, -0.05) is 17.7 Å². The number of hydrogen-bond acceptors (Lipinski definition) is 5. The lowest BCUT2D eigenvalue weighted by Crippen LogP contribution is -2.48. The first-order valence-electron chi connectivity index (χ1n) is 9.64. The molecular weight excluding hydrogens is 392 g/mol. The van der Waals surface area contributed by atoms with Gasteiger partial charge in [0, 0.05) is 56.1 Å². The quantitative estimate of drug-likeness (QED) is 0.705. The lowest BCUT2D eigenvalue weighted by Gasteiger charge is -2.36. The number of rotatable bonds is 5. The van der Waals surface area contributed by atoms with E-state index in [2.05, 4.69) is 9.88 Å². The highest BCUT2D eigenvalue weighted by atomic mass is 35.5. The Morgan fingerprint density at radius 3 is 2.55 bits per heavy atom. The molecule has 1 saturated heterocycles. The number of hydrogen-bond donors (Lipinski definition) is 0. The second-order valence-electron chi connectivity index (χ2n) is 7.11. The maximum absolute atomic E-state index is 12.5. The lowest BCUT2D eigenvalue weighted by atomic mass is 10.2. The zero-order valence-corrected chi connectivity index (χ0v) is 16.6. The van der Waals surface area contributed by atoms with Gasteiger partial charge in [0.2, 0.25) is 5.91 Å². The Hall–Kier alpha value is -2.93. The smallest absolute Gasteiger partial charge is 0.280 e. The Morgan fingerprint density at radius 2 is 1.83 bits per heavy atom. The van der Waals surface area contributed by atoms with Gasteiger partial charge in [0.05, 0.1) is 5.56 Å². The van der Waals surface area contributed by atoms with Crippen LogP contribution in [0.25, 0.3) is 0 Å². The molecular formula is C21H21ClN4O3. The van der Waals surface area contributed by atoms with Crippen molar-refractivity contribution in [2.24, 2.45) is 0 Å². The second-order valence-corrected chi connectivity index (χ2v) is 7.55. The maximum atomic E-state index is 12.5. The van der Waals surface area contributed by atoms with E-state index in [0.717, 1.165) is 18.8 Å². The summed E-state index contributed by atoms with van der Waals surface area (Å²) in [6.45, 7) is 3.00. The highest BCUT2D eigenvalue weighted by molar-refractivity contribution is 6.30. The summed E-state index contributed by atoms with van der Waals surface area (Å²) in [7, 11) is 0. The number of fused-ring (bicyclic) bond motifs is 1. The molecule has 2 aliphatic heterocycles. The molecule has 29 heavy (non-hydrogen) atoms. The van der Waals surface area contributed by atoms with E-state index in [1.165, 1.54) is 11.1 Å². The zero-order valence-electron chi connectivity index (χ0n) is 15.9. The van der Waals surface area contributed by atoms with Crippen LogP contribution < -0.4 is 4.90 Å². The maximum Gasteiger partial charge on any atom is 0.280 e. The van der Waals surface area contributed by atoms with Crippen LogP contribution >= 0.6 is 11.6 Å². The van der Waals surface area contributed by atoms with Gasteiger partial charge in [-0.2, -0.15) is 0 Å². The molecule has 7 nitrogen and oxygen atoms in total. The van der Waals surface area contributed by atoms with Crippen LogP contribution in [0.2, 0.25) is 5.02 Å². The number of carbonyl (C=O) groups is 3. The van der Waals surface area contributed by atoms with Crippen LogP contribution in [0, 0.1) is 0 Å². The van der Waals surface area contributed by atoms with Crippen molar-refractivity contribution in [3.05, 3.63) is 58.9 Å². The normalized spacial score (nSPS) is 16.4. The molecule has 1 aromatic heterocycles. The number of anilines is 1. The number of benzene rings is 1. The summed E-state index contributed by atoms with van der Waals surface area (Å²) < 4.78 is 0. The molecule has 0 unspecified atom stereocenters. The highest BCUT2D eigenvalue weighted by Gasteiger charge is 2.36. The van der Waals surface area contributed by atoms with Crippen LogP contribution in [0.3, 0.4) is 0 Å². The number of aromatic nitrogens is 1. The number of pyridine rings is 1. The van der Waals surface area contributed by atoms with Gasteiger partial charge in [-0.15, -0.1) is 0 Å². The molecule has 2 aromatic rings. The molecule has 0 atom stereocenters. The van der Waals surface area contributed by atoms with Crippen LogP contribution in [-0.4, -0.2) is 65.2 Å². The molecule has 3 amide bonds. The van der Waals surface area contributed by atoms with Crippen molar-refractivity contribution < 1.29 is 14.4 Å². The van der Waals surface area contributed by atoms with Gasteiger partial charge in [0.25, 0.3) is 11.8 Å². The van der Waals surface area contributed by atoms with Crippen molar-refractivity contribution in [3.63, 3.8) is 0 Å². The molecule has 0 bridgehead atoms. The molecule has 4 rings (SSSR count). The summed E-state index contributed by atoms with van der Waals surface area (Å²) in [6.07, 6.45) is 2.25. The largest absolute Gasteiger partial charge is 0.368 e. The Morgan fingerprint density at radius 1 is 1.03 bits per heavy atom. The first-order chi connectivity index (χ1) is 14.0. The van der Waals surface area contributed by atoms with Crippen LogP contribution in [0.1, 0.15) is 33.7 Å². The number of amides is 3. The van der Waals surface area contributed by atoms with Crippen molar-refractivity contribution in [2.75, 3.05) is 37.6 Å². The number of piperazine rings is 1. The van der Waals surface area contributed by atoms with E-state index in [9.17, 15) is 14.4 Å². The Labute approximate surface area is 173 Å². The van der Waals surface area contributed by atoms with Gasteiger partial charge in [-0.3, -0.25) is 24.3 Å². The fraction of sp³-hybridized carbons (Fsp3) is 0.333. The number of halogens is 1. The van der Waals surface area contributed by atoms with Crippen LogP contribution in [-0.2, 0) is 4.79 Å². The average Bonchev–Trinajstić information content (AvgIpc) is 2.99. The minimum Gasteiger partial charge on any atom is -0.368 e. The predicted molar refractivity (Wildman–Crippen MR) is 109 cm³/mol. The Bertz CT molecular complexity index is 921. The third-order valence-electron chi connectivity index (χ3n) is 5.31. The molecule has 0 radical (unpaired) electrons. The van der Waals surface area contributed by atoms with Gasteiger partial charge >= 0.3 is 0 Å². The summed E-state index contributed by atoms with van der Waals surface area (Å²) in [5.74, 6) is -0.667. The van der Waals surface area contributed by atoms with E-state index in [-0.39, 0.29) is 30.0 Å². The highest BCUT2D eigenvalue weighted by Crippen LogP contribution is 2.22. The van der Waals surface area contributed by atoms with Crippen molar-refractivity contribution in [1.82, 2.24) is 14.8 Å².